The Bertz CT molecular complexity index is 6570. The molecule has 10 aromatic heterocycles. The smallest absolute Gasteiger partial charge is 0.413 e. The molecule has 0 bridgehead atoms. The van der Waals surface area contributed by atoms with Gasteiger partial charge in [-0.25, -0.2) is 49.7 Å². The molecule has 694 valence electrons. The van der Waals surface area contributed by atoms with Gasteiger partial charge in [-0.15, -0.1) is 11.3 Å². The number of nitrogens with two attached hydrogens (primary N) is 1. The fourth-order valence-corrected chi connectivity index (χ4v) is 15.8. The Balaban J connectivity index is 0.000000149. The highest BCUT2D eigenvalue weighted by atomic mass is 35.5. The third-order valence-corrected chi connectivity index (χ3v) is 22.3. The second kappa shape index (κ2) is 45.0. The Kier molecular flexibility index (Phi) is 33.8. The quantitative estimate of drug-likeness (QED) is 0.0410. The molecule has 34 heteroatoms. The summed E-state index contributed by atoms with van der Waals surface area (Å²) in [6.07, 6.45) is 5.18. The molecule has 0 aliphatic heterocycles. The number of nitrogen functional groups attached to an aromatic ring is 1. The van der Waals surface area contributed by atoms with Gasteiger partial charge in [-0.3, -0.25) is 5.32 Å². The fourth-order valence-electron chi connectivity index (χ4n) is 13.0. The van der Waals surface area contributed by atoms with E-state index >= 15 is 0 Å². The number of carbonyl (C=O) groups excluding carboxylic acids is 1. The lowest BCUT2D eigenvalue weighted by molar-refractivity contribution is 0.0635. The number of benzene rings is 5. The molecule has 15 aromatic rings. The van der Waals surface area contributed by atoms with Gasteiger partial charge in [-0.05, 0) is 208 Å². The SMILES string of the molecule is CCCOc1ccc2c(OC(C)C)cc(-c3coc(NC4CC4)n3)nc2c1Cl.CCCOc1ccc2c(OC(C)C)cc(-c3nc(C)cs3)nc2c1Cl.COc1ccc2c(OC(C)C)cc(-c3cccc(N)n3)nc2c1Cl.COc1ccc2c(OC(C)C)cc(-c3cccc(NC(=O)OC(C)(C)C)n3)nc2c1Cl.COc1nc(-c2cc(OC(C)C)c3ccc(OC)c(Cl)c3n2)cs1. The molecular formula is C98H106Cl5N13O14S2. The lowest BCUT2D eigenvalue weighted by atomic mass is 10.1. The Hall–Kier alpha value is -12.0. The van der Waals surface area contributed by atoms with Crippen LogP contribution in [0.1, 0.15) is 135 Å². The molecule has 4 N–H and O–H groups in total. The van der Waals surface area contributed by atoms with Crippen LogP contribution in [0.25, 0.3) is 111 Å². The molecule has 0 saturated heterocycles. The summed E-state index contributed by atoms with van der Waals surface area (Å²) in [4.78, 5) is 57.9. The molecule has 0 spiro atoms. The average molecular weight is 1930 g/mol. The fraction of sp³-hybridized carbons (Fsp3) is 0.337. The van der Waals surface area contributed by atoms with E-state index in [1.165, 1.54) is 11.3 Å². The maximum absolute atomic E-state index is 12.1. The summed E-state index contributed by atoms with van der Waals surface area (Å²) in [6, 6.07) is 39.7. The molecule has 1 saturated carbocycles. The first-order chi connectivity index (χ1) is 63.1. The molecule has 16 rings (SSSR count). The Labute approximate surface area is 800 Å². The number of hydrogen-bond acceptors (Lipinski definition) is 28. The Morgan fingerprint density at radius 3 is 1.17 bits per heavy atom. The summed E-state index contributed by atoms with van der Waals surface area (Å²) in [5, 5.41) is 17.6. The van der Waals surface area contributed by atoms with Crippen LogP contribution in [-0.2, 0) is 4.74 Å². The molecule has 0 atom stereocenters. The second-order valence-electron chi connectivity index (χ2n) is 32.5. The van der Waals surface area contributed by atoms with Crippen molar-refractivity contribution in [2.45, 2.75) is 179 Å². The van der Waals surface area contributed by atoms with Gasteiger partial charge in [0, 0.05) is 79.8 Å². The van der Waals surface area contributed by atoms with Crippen LogP contribution in [0.2, 0.25) is 25.1 Å². The number of methoxy groups -OCH3 is 4. The number of ether oxygens (including phenoxy) is 12. The number of rotatable bonds is 28. The van der Waals surface area contributed by atoms with Crippen LogP contribution in [0.3, 0.4) is 0 Å². The van der Waals surface area contributed by atoms with Crippen LogP contribution in [0.5, 0.6) is 62.7 Å². The number of anilines is 3. The van der Waals surface area contributed by atoms with Crippen LogP contribution in [0.15, 0.2) is 149 Å². The standard InChI is InChI=1S/C23H26ClN3O4.C21H24ClN3O3.C19H21ClN2O2S.C18H18ClN3O2.C17H17ClN2O3S/c1-13(2)30-18-12-16(26-21-14(18)10-11-17(29-6)20(21)24)15-8-7-9-19(25-15)27-22(28)31-23(3,4)5;1-4-9-26-17-8-7-14-18(28-12(2)3)10-15(24-20(14)19(17)22)16-11-27-21(25-16)23-13-5-6-13;1-5-8-23-15-7-6-13-16(24-11(2)3)9-14(22-18(13)17(15)20)19-21-12(4)10-25-19;1-10(2)24-15-9-13(12-5-4-6-16(20)21-12)22-18-11(15)7-8-14(23-3)17(18)19;1-9(2)23-14-7-11(12-8-24-17(20-12)22-4)19-16-10(14)5-6-13(21-3)15(16)18/h7-13H,1-6H3,(H,25,27,28);7-8,10-13H,4-6,9H2,1-3H3,(H,23,25);6-7,9-11H,5,8H2,1-4H3;4-10H,1-3H3,(H2,20,21);5-9H,1-4H3. The summed E-state index contributed by atoms with van der Waals surface area (Å²) < 4.78 is 73.4. The molecule has 10 heterocycles. The highest BCUT2D eigenvalue weighted by molar-refractivity contribution is 7.13. The van der Waals surface area contributed by atoms with Gasteiger partial charge in [0.2, 0.25) is 0 Å². The number of carbonyl (C=O) groups is 1. The largest absolute Gasteiger partial charge is 0.495 e. The van der Waals surface area contributed by atoms with E-state index in [2.05, 4.69) is 59.4 Å². The molecule has 5 aromatic carbocycles. The third kappa shape index (κ3) is 25.5. The summed E-state index contributed by atoms with van der Waals surface area (Å²) >= 11 is 35.6. The zero-order chi connectivity index (χ0) is 94.9. The van der Waals surface area contributed by atoms with Gasteiger partial charge >= 0.3 is 6.09 Å². The average Bonchev–Trinajstić information content (AvgIpc) is 0.861. The van der Waals surface area contributed by atoms with Gasteiger partial charge in [-0.1, -0.05) is 95.3 Å². The number of hydrogen-bond donors (Lipinski definition) is 3. The topological polar surface area (TPSA) is 320 Å². The van der Waals surface area contributed by atoms with Crippen molar-refractivity contribution < 1.29 is 66.1 Å². The Morgan fingerprint density at radius 1 is 0.432 bits per heavy atom. The predicted molar refractivity (Wildman–Crippen MR) is 530 cm³/mol. The van der Waals surface area contributed by atoms with Crippen molar-refractivity contribution in [1.82, 2.24) is 49.8 Å². The Morgan fingerprint density at radius 2 is 0.811 bits per heavy atom. The second-order valence-corrected chi connectivity index (χ2v) is 36.0. The number of nitrogens with one attached hydrogen (secondary N) is 2. The van der Waals surface area contributed by atoms with Gasteiger partial charge in [0.05, 0.1) is 134 Å². The van der Waals surface area contributed by atoms with Gasteiger partial charge < -0.3 is 72.3 Å². The van der Waals surface area contributed by atoms with Crippen molar-refractivity contribution in [3.63, 3.8) is 0 Å². The number of pyridine rings is 7. The summed E-state index contributed by atoms with van der Waals surface area (Å²) in [6.45, 7) is 32.4. The number of nitrogens with zero attached hydrogens (tertiary/aromatic N) is 10. The van der Waals surface area contributed by atoms with Gasteiger partial charge in [-0.2, -0.15) is 4.98 Å². The van der Waals surface area contributed by atoms with Crippen molar-refractivity contribution in [1.29, 1.82) is 0 Å². The van der Waals surface area contributed by atoms with Crippen LogP contribution >= 0.6 is 80.7 Å². The van der Waals surface area contributed by atoms with Crippen LogP contribution < -0.4 is 68.5 Å². The van der Waals surface area contributed by atoms with E-state index in [1.54, 1.807) is 103 Å². The number of oxazole rings is 1. The summed E-state index contributed by atoms with van der Waals surface area (Å²) in [5.41, 5.74) is 15.0. The maximum atomic E-state index is 12.1. The monoisotopic (exact) mass is 1930 g/mol. The van der Waals surface area contributed by atoms with Crippen molar-refractivity contribution in [3.8, 4) is 119 Å². The summed E-state index contributed by atoms with van der Waals surface area (Å²) in [7, 11) is 6.29. The molecule has 1 amide bonds. The third-order valence-electron chi connectivity index (χ3n) is 18.7. The van der Waals surface area contributed by atoms with E-state index in [9.17, 15) is 4.79 Å². The van der Waals surface area contributed by atoms with E-state index in [4.69, 9.17) is 140 Å². The summed E-state index contributed by atoms with van der Waals surface area (Å²) in [5.74, 6) is 7.18. The molecule has 1 aliphatic carbocycles. The number of halogens is 5. The van der Waals surface area contributed by atoms with Crippen LogP contribution in [0.4, 0.5) is 22.4 Å². The number of thiazole rings is 2. The minimum Gasteiger partial charge on any atom is -0.495 e. The highest BCUT2D eigenvalue weighted by Crippen LogP contribution is 2.46. The van der Waals surface area contributed by atoms with Crippen LogP contribution in [0, 0.1) is 6.92 Å². The number of aromatic nitrogens is 10. The molecule has 1 fully saturated rings. The van der Waals surface area contributed by atoms with Crippen LogP contribution in [-0.4, -0.2) is 140 Å². The van der Waals surface area contributed by atoms with Gasteiger partial charge in [0.1, 0.15) is 128 Å². The van der Waals surface area contributed by atoms with Gasteiger partial charge in [0.15, 0.2) is 0 Å². The predicted octanol–water partition coefficient (Wildman–Crippen LogP) is 26.8. The first kappa shape index (κ1) is 99.1. The van der Waals surface area contributed by atoms with Crippen molar-refractivity contribution in [3.05, 3.63) is 175 Å². The van der Waals surface area contributed by atoms with E-state index in [1.807, 2.05) is 178 Å². The molecule has 0 unspecified atom stereocenters. The minimum absolute atomic E-state index is 0.0117. The van der Waals surface area contributed by atoms with E-state index in [-0.39, 0.29) is 30.5 Å². The minimum atomic E-state index is -0.611. The molecule has 0 radical (unpaired) electrons. The lowest BCUT2D eigenvalue weighted by Crippen LogP contribution is -2.27. The van der Waals surface area contributed by atoms with Crippen molar-refractivity contribution in [2.75, 3.05) is 58.0 Å². The van der Waals surface area contributed by atoms with Gasteiger partial charge in [0.25, 0.3) is 11.2 Å². The first-order valence-electron chi connectivity index (χ1n) is 42.9. The normalized spacial score (nSPS) is 11.8. The zero-order valence-corrected chi connectivity index (χ0v) is 82.4. The van der Waals surface area contributed by atoms with Crippen molar-refractivity contribution in [2.24, 2.45) is 0 Å². The van der Waals surface area contributed by atoms with Crippen molar-refractivity contribution >= 4 is 159 Å². The molecule has 27 nitrogen and oxygen atoms in total. The number of amides is 1. The zero-order valence-electron chi connectivity index (χ0n) is 77.0. The molecule has 1 aliphatic rings. The molecule has 132 heavy (non-hydrogen) atoms. The van der Waals surface area contributed by atoms with E-state index in [0.717, 1.165) is 74.8 Å². The first-order valence-corrected chi connectivity index (χ1v) is 46.5. The number of aryl methyl sites for hydroxylation is 1. The van der Waals surface area contributed by atoms with E-state index in [0.29, 0.717) is 192 Å². The number of fused-ring (bicyclic) bond motifs is 5. The maximum Gasteiger partial charge on any atom is 0.413 e. The molecular weight excluding hydrogens is 1820 g/mol. The van der Waals surface area contributed by atoms with E-state index < -0.39 is 11.7 Å². The lowest BCUT2D eigenvalue weighted by Gasteiger charge is -2.19. The highest BCUT2D eigenvalue weighted by Gasteiger charge is 2.27.